The molecule has 2 heterocycles. The minimum Gasteiger partial charge on any atom is -0.334 e. The molecule has 0 atom stereocenters. The molecule has 1 aromatic carbocycles. The summed E-state index contributed by atoms with van der Waals surface area (Å²) in [5.74, 6) is -0.563. The maximum Gasteiger partial charge on any atom is 0.266 e. The lowest BCUT2D eigenvalue weighted by Gasteiger charge is -2.20. The second-order valence-corrected chi connectivity index (χ2v) is 10.7. The molecule has 3 rings (SSSR count). The van der Waals surface area contributed by atoms with Gasteiger partial charge in [-0.15, -0.1) is 0 Å². The van der Waals surface area contributed by atoms with Crippen LogP contribution < -0.4 is 10.2 Å². The van der Waals surface area contributed by atoms with Gasteiger partial charge in [-0.1, -0.05) is 68.6 Å². The van der Waals surface area contributed by atoms with Crippen molar-refractivity contribution in [2.45, 2.75) is 32.1 Å². The molecule has 2 aliphatic rings. The zero-order valence-electron chi connectivity index (χ0n) is 17.3. The number of carbonyl (C=O) groups is 1. The first-order chi connectivity index (χ1) is 14.2. The van der Waals surface area contributed by atoms with Crippen LogP contribution in [0.15, 0.2) is 39.1 Å². The number of thiocarbonyl (C=S) groups is 1. The van der Waals surface area contributed by atoms with Crippen molar-refractivity contribution in [1.29, 1.82) is 0 Å². The van der Waals surface area contributed by atoms with E-state index in [4.69, 9.17) is 16.8 Å². The van der Waals surface area contributed by atoms with Crippen molar-refractivity contribution in [1.82, 2.24) is 10.2 Å². The van der Waals surface area contributed by atoms with Gasteiger partial charge in [-0.05, 0) is 38.2 Å². The van der Waals surface area contributed by atoms with Gasteiger partial charge in [0.1, 0.15) is 14.3 Å². The summed E-state index contributed by atoms with van der Waals surface area (Å²) in [4.78, 5) is 17.8. The summed E-state index contributed by atoms with van der Waals surface area (Å²) in [6.07, 6.45) is 0.251. The van der Waals surface area contributed by atoms with Crippen LogP contribution >= 0.6 is 35.7 Å². The van der Waals surface area contributed by atoms with Crippen LogP contribution in [0.3, 0.4) is 0 Å². The zero-order valence-corrected chi connectivity index (χ0v) is 20.5. The Morgan fingerprint density at radius 3 is 2.27 bits per heavy atom. The lowest BCUT2D eigenvalue weighted by Crippen LogP contribution is -2.24. The molecule has 1 amide bonds. The van der Waals surface area contributed by atoms with Gasteiger partial charge in [-0.25, -0.2) is 0 Å². The SMILES string of the molecule is CCN(CC)CC.O=C1NC(=S)S/C1=C1\Sc2ccccc2N1CCCS(=O)(=O)O. The Morgan fingerprint density at radius 1 is 1.13 bits per heavy atom. The number of nitrogens with zero attached hydrogens (tertiary/aromatic N) is 2. The number of carbonyl (C=O) groups excluding carboxylic acids is 1. The summed E-state index contributed by atoms with van der Waals surface area (Å²) in [7, 11) is -4.00. The smallest absolute Gasteiger partial charge is 0.266 e. The van der Waals surface area contributed by atoms with E-state index >= 15 is 0 Å². The molecule has 1 saturated heterocycles. The van der Waals surface area contributed by atoms with Gasteiger partial charge in [0.15, 0.2) is 0 Å². The Bertz CT molecular complexity index is 909. The van der Waals surface area contributed by atoms with E-state index in [2.05, 4.69) is 31.0 Å². The fourth-order valence-electron chi connectivity index (χ4n) is 2.96. The molecule has 1 fully saturated rings. The molecule has 0 saturated carbocycles. The van der Waals surface area contributed by atoms with Crippen LogP contribution in [-0.4, -0.2) is 60.0 Å². The predicted molar refractivity (Wildman–Crippen MR) is 129 cm³/mol. The Balaban J connectivity index is 0.000000396. The fraction of sp³-hybridized carbons (Fsp3) is 0.474. The second kappa shape index (κ2) is 11.5. The largest absolute Gasteiger partial charge is 0.334 e. The molecule has 7 nitrogen and oxygen atoms in total. The number of fused-ring (bicyclic) bond motifs is 1. The minimum absolute atomic E-state index is 0.241. The highest BCUT2D eigenvalue weighted by Gasteiger charge is 2.34. The second-order valence-electron chi connectivity index (χ2n) is 6.46. The summed E-state index contributed by atoms with van der Waals surface area (Å²) < 4.78 is 31.1. The highest BCUT2D eigenvalue weighted by atomic mass is 32.2. The van der Waals surface area contributed by atoms with Crippen LogP contribution in [-0.2, 0) is 14.9 Å². The fourth-order valence-corrected chi connectivity index (χ4v) is 5.84. The van der Waals surface area contributed by atoms with Crippen LogP contribution in [0.25, 0.3) is 0 Å². The average Bonchev–Trinajstić information content (AvgIpc) is 3.22. The minimum atomic E-state index is -4.00. The number of thioether (sulfide) groups is 2. The van der Waals surface area contributed by atoms with E-state index in [9.17, 15) is 13.2 Å². The first kappa shape index (κ1) is 25.2. The van der Waals surface area contributed by atoms with Crippen LogP contribution in [0.2, 0.25) is 0 Å². The van der Waals surface area contributed by atoms with Gasteiger partial charge in [-0.3, -0.25) is 9.35 Å². The van der Waals surface area contributed by atoms with Crippen LogP contribution in [0, 0.1) is 0 Å². The van der Waals surface area contributed by atoms with E-state index in [0.29, 0.717) is 15.8 Å². The molecular formula is C19H27N3O4S4. The predicted octanol–water partition coefficient (Wildman–Crippen LogP) is 3.54. The third-order valence-electron chi connectivity index (χ3n) is 4.54. The van der Waals surface area contributed by atoms with Gasteiger partial charge in [0.2, 0.25) is 0 Å². The quantitative estimate of drug-likeness (QED) is 0.339. The van der Waals surface area contributed by atoms with E-state index in [0.717, 1.165) is 15.6 Å². The molecular weight excluding hydrogens is 462 g/mol. The van der Waals surface area contributed by atoms with E-state index in [1.54, 1.807) is 0 Å². The van der Waals surface area contributed by atoms with Crippen molar-refractivity contribution in [2.75, 3.05) is 36.8 Å². The number of para-hydroxylation sites is 1. The van der Waals surface area contributed by atoms with Crippen molar-refractivity contribution in [3.63, 3.8) is 0 Å². The summed E-state index contributed by atoms with van der Waals surface area (Å²) >= 11 is 7.69. The molecule has 1 aromatic rings. The van der Waals surface area contributed by atoms with Crippen molar-refractivity contribution < 1.29 is 17.8 Å². The molecule has 166 valence electrons. The maximum atomic E-state index is 12.0. The number of hydrogen-bond donors (Lipinski definition) is 2. The molecule has 0 aromatic heterocycles. The van der Waals surface area contributed by atoms with Crippen molar-refractivity contribution >= 4 is 61.8 Å². The summed E-state index contributed by atoms with van der Waals surface area (Å²) in [6.45, 7) is 10.5. The van der Waals surface area contributed by atoms with Crippen LogP contribution in [0.4, 0.5) is 5.69 Å². The topological polar surface area (TPSA) is 90.0 Å². The number of benzene rings is 1. The van der Waals surface area contributed by atoms with E-state index in [1.165, 1.54) is 43.2 Å². The number of nitrogens with one attached hydrogen (secondary N) is 1. The maximum absolute atomic E-state index is 12.0. The van der Waals surface area contributed by atoms with E-state index in [-0.39, 0.29) is 18.1 Å². The Labute approximate surface area is 192 Å². The van der Waals surface area contributed by atoms with Gasteiger partial charge in [-0.2, -0.15) is 8.42 Å². The first-order valence-corrected chi connectivity index (χ1v) is 13.3. The normalized spacial score (nSPS) is 18.4. The van der Waals surface area contributed by atoms with Gasteiger partial charge in [0, 0.05) is 11.4 Å². The highest BCUT2D eigenvalue weighted by molar-refractivity contribution is 8.27. The molecule has 30 heavy (non-hydrogen) atoms. The van der Waals surface area contributed by atoms with Crippen molar-refractivity contribution in [2.24, 2.45) is 0 Å². The summed E-state index contributed by atoms with van der Waals surface area (Å²) in [5.41, 5.74) is 0.918. The summed E-state index contributed by atoms with van der Waals surface area (Å²) in [5, 5.41) is 3.33. The molecule has 0 radical (unpaired) electrons. The van der Waals surface area contributed by atoms with Crippen molar-refractivity contribution in [3.05, 3.63) is 34.2 Å². The van der Waals surface area contributed by atoms with Gasteiger partial charge in [0.05, 0.1) is 11.4 Å². The van der Waals surface area contributed by atoms with Gasteiger partial charge >= 0.3 is 0 Å². The number of rotatable bonds is 7. The van der Waals surface area contributed by atoms with Crippen LogP contribution in [0.1, 0.15) is 27.2 Å². The first-order valence-electron chi connectivity index (χ1n) is 9.69. The van der Waals surface area contributed by atoms with Crippen LogP contribution in [0.5, 0.6) is 0 Å². The molecule has 0 spiro atoms. The Hall–Kier alpha value is -1.11. The lowest BCUT2D eigenvalue weighted by atomic mass is 10.3. The number of anilines is 1. The van der Waals surface area contributed by atoms with Crippen molar-refractivity contribution in [3.8, 4) is 0 Å². The monoisotopic (exact) mass is 489 g/mol. The van der Waals surface area contributed by atoms with Gasteiger partial charge < -0.3 is 15.1 Å². The molecule has 2 N–H and O–H groups in total. The Morgan fingerprint density at radius 2 is 1.77 bits per heavy atom. The van der Waals surface area contributed by atoms with E-state index < -0.39 is 10.1 Å². The molecule has 0 unspecified atom stereocenters. The van der Waals surface area contributed by atoms with E-state index in [1.807, 2.05) is 29.2 Å². The molecule has 11 heteroatoms. The molecule has 0 bridgehead atoms. The summed E-state index contributed by atoms with van der Waals surface area (Å²) in [6, 6.07) is 7.65. The average molecular weight is 490 g/mol. The standard InChI is InChI=1S/C13H12N2O4S4.C6H15N/c16-11-10(22-13(20)14-11)12-15(6-3-7-23(17,18)19)8-4-1-2-5-9(8)21-12;1-4-7(5-2)6-3/h1-2,4-5H,3,6-7H2,(H,14,16,20)(H,17,18,19);4-6H2,1-3H3/b12-10-;. The third-order valence-corrected chi connectivity index (χ3v) is 7.88. The third kappa shape index (κ3) is 6.96. The number of amides is 1. The van der Waals surface area contributed by atoms with Gasteiger partial charge in [0.25, 0.3) is 16.0 Å². The highest BCUT2D eigenvalue weighted by Crippen LogP contribution is 2.49. The number of hydrogen-bond acceptors (Lipinski definition) is 8. The molecule has 0 aliphatic carbocycles. The lowest BCUT2D eigenvalue weighted by molar-refractivity contribution is -0.115. The zero-order chi connectivity index (χ0) is 22.3. The molecule has 2 aliphatic heterocycles. The Kier molecular flexibility index (Phi) is 9.64.